The van der Waals surface area contributed by atoms with Gasteiger partial charge in [0.25, 0.3) is 0 Å². The Bertz CT molecular complexity index is 583. The molecule has 0 atom stereocenters. The Morgan fingerprint density at radius 2 is 2.31 bits per heavy atom. The van der Waals surface area contributed by atoms with Gasteiger partial charge in [0.2, 0.25) is 22.3 Å². The number of hydrogen-bond acceptors (Lipinski definition) is 3. The normalized spacial score (nSPS) is 15.1. The molecule has 0 saturated carbocycles. The first-order valence-corrected chi connectivity index (χ1v) is 6.11. The molecule has 1 aromatic rings. The summed E-state index contributed by atoms with van der Waals surface area (Å²) >= 11 is 0. The lowest BCUT2D eigenvalue weighted by molar-refractivity contribution is -0.861. The summed E-state index contributed by atoms with van der Waals surface area (Å²) in [6.45, 7) is 2.73. The van der Waals surface area contributed by atoms with Gasteiger partial charge in [-0.3, -0.25) is 0 Å². The van der Waals surface area contributed by atoms with E-state index >= 15 is 0 Å². The molecule has 0 spiro atoms. The lowest BCUT2D eigenvalue weighted by atomic mass is 10.1. The number of aryl methyl sites for hydroxylation is 1. The number of aromatic nitrogens is 1. The van der Waals surface area contributed by atoms with Crippen LogP contribution in [0.2, 0.25) is 0 Å². The molecule has 0 bridgehead atoms. The zero-order valence-electron chi connectivity index (χ0n) is 8.88. The summed E-state index contributed by atoms with van der Waals surface area (Å²) in [6.07, 6.45) is 7.61. The largest absolute Gasteiger partial charge is 0.236 e. The van der Waals surface area contributed by atoms with E-state index in [1.54, 1.807) is 10.8 Å². The molecule has 0 radical (unpaired) electrons. The van der Waals surface area contributed by atoms with E-state index in [2.05, 4.69) is 0 Å². The summed E-state index contributed by atoms with van der Waals surface area (Å²) in [5, 5.41) is 0. The van der Waals surface area contributed by atoms with E-state index in [1.165, 1.54) is 0 Å². The Kier molecular flexibility index (Phi) is 3.05. The Hall–Kier alpha value is -1.62. The van der Waals surface area contributed by atoms with E-state index < -0.39 is 10.3 Å². The molecule has 1 aliphatic rings. The highest BCUT2D eigenvalue weighted by molar-refractivity contribution is 7.73. The molecule has 2 rings (SSSR count). The van der Waals surface area contributed by atoms with Gasteiger partial charge in [0.1, 0.15) is 0 Å². The van der Waals surface area contributed by atoms with Gasteiger partial charge in [0, 0.05) is 12.0 Å². The molecular formula is C11H12NO3S+. The van der Waals surface area contributed by atoms with Crippen molar-refractivity contribution in [1.29, 1.82) is 0 Å². The van der Waals surface area contributed by atoms with Crippen LogP contribution >= 0.6 is 0 Å². The second kappa shape index (κ2) is 4.49. The molecule has 1 aromatic heterocycles. The molecule has 0 saturated heterocycles. The third-order valence-corrected chi connectivity index (χ3v) is 3.06. The first-order chi connectivity index (χ1) is 7.70. The summed E-state index contributed by atoms with van der Waals surface area (Å²) in [5.74, 6) is 0.681. The third kappa shape index (κ3) is 2.14. The number of allylic oxidation sites excluding steroid dienone is 4. The lowest BCUT2D eigenvalue weighted by Crippen LogP contribution is -2.28. The van der Waals surface area contributed by atoms with E-state index in [4.69, 9.17) is 4.52 Å². The van der Waals surface area contributed by atoms with Gasteiger partial charge in [-0.15, -0.1) is 0 Å². The Morgan fingerprint density at radius 3 is 2.94 bits per heavy atom. The minimum absolute atomic E-state index is 0.386. The van der Waals surface area contributed by atoms with Crippen LogP contribution in [0.25, 0.3) is 5.57 Å². The van der Waals surface area contributed by atoms with Crippen molar-refractivity contribution in [2.45, 2.75) is 19.9 Å². The first-order valence-electron chi connectivity index (χ1n) is 5.04. The van der Waals surface area contributed by atoms with E-state index in [0.717, 1.165) is 12.1 Å². The van der Waals surface area contributed by atoms with Crippen molar-refractivity contribution in [2.75, 3.05) is 0 Å². The highest BCUT2D eigenvalue weighted by atomic mass is 32.2. The van der Waals surface area contributed by atoms with Crippen molar-refractivity contribution in [2.24, 2.45) is 0 Å². The maximum atomic E-state index is 10.8. The second-order valence-corrected chi connectivity index (χ2v) is 4.41. The van der Waals surface area contributed by atoms with Gasteiger partial charge in [-0.25, -0.2) is 4.52 Å². The lowest BCUT2D eigenvalue weighted by Gasteiger charge is -2.01. The molecule has 1 aliphatic carbocycles. The number of nitrogens with zero attached hydrogens (tertiary/aromatic N) is 1. The highest BCUT2D eigenvalue weighted by Gasteiger charge is 2.13. The van der Waals surface area contributed by atoms with Crippen LogP contribution in [0.3, 0.4) is 0 Å². The topological polar surface area (TPSA) is 51.2 Å². The fraction of sp³-hybridized carbons (Fsp3) is 0.273. The second-order valence-electron chi connectivity index (χ2n) is 3.41. The van der Waals surface area contributed by atoms with Crippen LogP contribution in [-0.2, 0) is 16.8 Å². The molecule has 0 aromatic carbocycles. The molecule has 5 heteroatoms. The zero-order chi connectivity index (χ0) is 11.5. The molecule has 0 unspecified atom stereocenters. The van der Waals surface area contributed by atoms with Gasteiger partial charge < -0.3 is 0 Å². The van der Waals surface area contributed by atoms with Crippen LogP contribution in [-0.4, -0.2) is 13.3 Å². The van der Waals surface area contributed by atoms with E-state index in [-0.39, 0.29) is 0 Å². The molecule has 16 heavy (non-hydrogen) atoms. The first kappa shape index (κ1) is 10.9. The fourth-order valence-electron chi connectivity index (χ4n) is 1.51. The molecule has 0 aliphatic heterocycles. The van der Waals surface area contributed by atoms with Gasteiger partial charge >= 0.3 is 0 Å². The van der Waals surface area contributed by atoms with Gasteiger partial charge in [-0.1, -0.05) is 12.2 Å². The van der Waals surface area contributed by atoms with Crippen molar-refractivity contribution in [3.05, 3.63) is 36.3 Å². The Morgan fingerprint density at radius 1 is 1.50 bits per heavy atom. The Labute approximate surface area is 95.0 Å². The summed E-state index contributed by atoms with van der Waals surface area (Å²) in [4.78, 5) is 0.386. The molecule has 0 fully saturated rings. The van der Waals surface area contributed by atoms with Crippen molar-refractivity contribution in [3.63, 3.8) is 0 Å². The summed E-state index contributed by atoms with van der Waals surface area (Å²) in [7, 11) is -2.15. The molecule has 4 nitrogen and oxygen atoms in total. The van der Waals surface area contributed by atoms with Crippen molar-refractivity contribution < 1.29 is 17.7 Å². The predicted molar refractivity (Wildman–Crippen MR) is 60.2 cm³/mol. The van der Waals surface area contributed by atoms with Gasteiger partial charge in [-0.2, -0.15) is 8.42 Å². The molecular weight excluding hydrogens is 226 g/mol. The monoisotopic (exact) mass is 238 g/mol. The molecule has 1 heterocycles. The minimum Gasteiger partial charge on any atom is -0.236 e. The van der Waals surface area contributed by atoms with Crippen LogP contribution in [0, 0.1) is 0 Å². The van der Waals surface area contributed by atoms with E-state index in [0.29, 0.717) is 17.0 Å². The maximum absolute atomic E-state index is 10.8. The van der Waals surface area contributed by atoms with Crippen LogP contribution in [0.4, 0.5) is 0 Å². The predicted octanol–water partition coefficient (Wildman–Crippen LogP) is 0.982. The van der Waals surface area contributed by atoms with Gasteiger partial charge in [-0.05, 0) is 17.7 Å². The van der Waals surface area contributed by atoms with Crippen LogP contribution < -0.4 is 4.74 Å². The van der Waals surface area contributed by atoms with Crippen molar-refractivity contribution >= 4 is 20.7 Å². The number of rotatable bonds is 2. The highest BCUT2D eigenvalue weighted by Crippen LogP contribution is 2.18. The summed E-state index contributed by atoms with van der Waals surface area (Å²) in [5.41, 5.74) is 0.789. The summed E-state index contributed by atoms with van der Waals surface area (Å²) in [6, 6.07) is 1.83. The van der Waals surface area contributed by atoms with Gasteiger partial charge in [0.15, 0.2) is 6.54 Å². The number of hydrogen-bond donors (Lipinski definition) is 0. The molecule has 0 N–H and O–H groups in total. The molecule has 0 amide bonds. The van der Waals surface area contributed by atoms with Crippen molar-refractivity contribution in [1.82, 2.24) is 0 Å². The van der Waals surface area contributed by atoms with E-state index in [9.17, 15) is 8.42 Å². The van der Waals surface area contributed by atoms with Crippen molar-refractivity contribution in [3.8, 4) is 0 Å². The van der Waals surface area contributed by atoms with Gasteiger partial charge in [0.05, 0.1) is 10.9 Å². The maximum Gasteiger partial charge on any atom is 0.220 e. The minimum atomic E-state index is -2.15. The fourth-order valence-corrected chi connectivity index (χ4v) is 1.96. The smallest absolute Gasteiger partial charge is 0.220 e. The third-order valence-electron chi connectivity index (χ3n) is 2.35. The standard InChI is InChI=1S/C11H12NO3S/c1-2-12-7-6-11(15-12)9-4-3-5-10(8-9)16(13)14/h3-4,6-8H,2,5H2,1H3/q+1. The zero-order valence-corrected chi connectivity index (χ0v) is 9.70. The van der Waals surface area contributed by atoms with Crippen LogP contribution in [0.1, 0.15) is 19.1 Å². The van der Waals surface area contributed by atoms with Crippen LogP contribution in [0.5, 0.6) is 0 Å². The molecule has 84 valence electrons. The summed E-state index contributed by atoms with van der Waals surface area (Å²) < 4.78 is 28.9. The quantitative estimate of drug-likeness (QED) is 0.570. The SMILES string of the molecule is CC[n+]1ccc(C2=CC(=S(=O)=O)CC=C2)o1. The average Bonchev–Trinajstić information content (AvgIpc) is 2.77. The Balaban J connectivity index is 2.41. The van der Waals surface area contributed by atoms with E-state index in [1.807, 2.05) is 31.3 Å². The van der Waals surface area contributed by atoms with Crippen LogP contribution in [0.15, 0.2) is 35.0 Å². The average molecular weight is 238 g/mol.